The summed E-state index contributed by atoms with van der Waals surface area (Å²) in [5.74, 6) is -1.19. The van der Waals surface area contributed by atoms with Gasteiger partial charge in [-0.2, -0.15) is 8.78 Å². The number of carboxylic acids is 1. The maximum Gasteiger partial charge on any atom is 0.387 e. The molecule has 0 aliphatic heterocycles. The molecule has 0 saturated heterocycles. The van der Waals surface area contributed by atoms with Crippen molar-refractivity contribution in [1.29, 1.82) is 0 Å². The maximum atomic E-state index is 12.5. The number of alkyl halides is 2. The zero-order chi connectivity index (χ0) is 18.6. The van der Waals surface area contributed by atoms with E-state index in [-0.39, 0.29) is 30.4 Å². The molecule has 1 aliphatic carbocycles. The fraction of sp³-hybridized carbons (Fsp3) is 0.529. The number of carbonyl (C=O) groups excluding carboxylic acids is 1. The van der Waals surface area contributed by atoms with Gasteiger partial charge in [0.25, 0.3) is 0 Å². The molecule has 1 aromatic rings. The van der Waals surface area contributed by atoms with E-state index in [9.17, 15) is 23.5 Å². The first-order chi connectivity index (χ1) is 11.8. The van der Waals surface area contributed by atoms with Gasteiger partial charge in [0.2, 0.25) is 5.91 Å². The van der Waals surface area contributed by atoms with E-state index in [0.717, 1.165) is 6.42 Å². The van der Waals surface area contributed by atoms with Crippen molar-refractivity contribution in [2.75, 3.05) is 14.2 Å². The SMILES string of the molecule is COc1ccc(CN(C)C(=O)CC2(C(=O)O)CCC2)cc1OC(F)F. The van der Waals surface area contributed by atoms with Crippen molar-refractivity contribution < 1.29 is 33.0 Å². The number of hydrogen-bond donors (Lipinski definition) is 1. The second kappa shape index (κ2) is 7.67. The van der Waals surface area contributed by atoms with Gasteiger partial charge in [0, 0.05) is 20.0 Å². The van der Waals surface area contributed by atoms with E-state index in [1.54, 1.807) is 13.1 Å². The van der Waals surface area contributed by atoms with Crippen molar-refractivity contribution in [2.24, 2.45) is 5.41 Å². The average Bonchev–Trinajstić information content (AvgIpc) is 2.49. The van der Waals surface area contributed by atoms with Gasteiger partial charge >= 0.3 is 12.6 Å². The van der Waals surface area contributed by atoms with Crippen LogP contribution in [0.3, 0.4) is 0 Å². The summed E-state index contributed by atoms with van der Waals surface area (Å²) in [4.78, 5) is 25.1. The van der Waals surface area contributed by atoms with E-state index in [1.165, 1.54) is 24.1 Å². The number of nitrogens with zero attached hydrogens (tertiary/aromatic N) is 1. The molecule has 25 heavy (non-hydrogen) atoms. The Morgan fingerprint density at radius 2 is 2.00 bits per heavy atom. The number of amides is 1. The number of aliphatic carboxylic acids is 1. The van der Waals surface area contributed by atoms with Crippen molar-refractivity contribution in [3.8, 4) is 11.5 Å². The topological polar surface area (TPSA) is 76.1 Å². The summed E-state index contributed by atoms with van der Waals surface area (Å²) in [7, 11) is 2.89. The molecule has 1 N–H and O–H groups in total. The molecule has 8 heteroatoms. The predicted octanol–water partition coefficient (Wildman–Crippen LogP) is 2.90. The van der Waals surface area contributed by atoms with E-state index in [4.69, 9.17) is 4.74 Å². The fourth-order valence-corrected chi connectivity index (χ4v) is 2.86. The van der Waals surface area contributed by atoms with E-state index >= 15 is 0 Å². The smallest absolute Gasteiger partial charge is 0.387 e. The molecule has 1 aromatic carbocycles. The highest BCUT2D eigenvalue weighted by molar-refractivity contribution is 5.85. The summed E-state index contributed by atoms with van der Waals surface area (Å²) in [6.07, 6.45) is 1.74. The monoisotopic (exact) mass is 357 g/mol. The summed E-state index contributed by atoms with van der Waals surface area (Å²) < 4.78 is 34.3. The minimum atomic E-state index is -2.99. The fourth-order valence-electron chi connectivity index (χ4n) is 2.86. The first-order valence-electron chi connectivity index (χ1n) is 7.86. The van der Waals surface area contributed by atoms with Crippen LogP contribution in [0, 0.1) is 5.41 Å². The molecule has 0 bridgehead atoms. The molecule has 0 atom stereocenters. The van der Waals surface area contributed by atoms with Crippen molar-refractivity contribution in [3.63, 3.8) is 0 Å². The lowest BCUT2D eigenvalue weighted by molar-refractivity contribution is -0.159. The lowest BCUT2D eigenvalue weighted by Crippen LogP contribution is -2.42. The molecule has 0 spiro atoms. The first-order valence-corrected chi connectivity index (χ1v) is 7.86. The summed E-state index contributed by atoms with van der Waals surface area (Å²) in [5.41, 5.74) is -0.389. The normalized spacial score (nSPS) is 15.4. The Hall–Kier alpha value is -2.38. The number of methoxy groups -OCH3 is 1. The van der Waals surface area contributed by atoms with Crippen molar-refractivity contribution in [1.82, 2.24) is 4.90 Å². The van der Waals surface area contributed by atoms with Gasteiger partial charge in [-0.15, -0.1) is 0 Å². The quantitative estimate of drug-likeness (QED) is 0.774. The second-order valence-corrected chi connectivity index (χ2v) is 6.23. The number of hydrogen-bond acceptors (Lipinski definition) is 4. The Balaban J connectivity index is 2.05. The zero-order valence-corrected chi connectivity index (χ0v) is 14.1. The Morgan fingerprint density at radius 1 is 1.32 bits per heavy atom. The molecule has 0 unspecified atom stereocenters. The van der Waals surface area contributed by atoms with E-state index in [2.05, 4.69) is 4.74 Å². The molecule has 1 amide bonds. The van der Waals surface area contributed by atoms with E-state index in [0.29, 0.717) is 18.4 Å². The molecule has 2 rings (SSSR count). The Morgan fingerprint density at radius 3 is 2.48 bits per heavy atom. The predicted molar refractivity (Wildman–Crippen MR) is 84.6 cm³/mol. The van der Waals surface area contributed by atoms with Crippen LogP contribution in [0.4, 0.5) is 8.78 Å². The Bertz CT molecular complexity index is 646. The minimum Gasteiger partial charge on any atom is -0.493 e. The molecule has 0 heterocycles. The largest absolute Gasteiger partial charge is 0.493 e. The summed E-state index contributed by atoms with van der Waals surface area (Å²) in [6, 6.07) is 4.50. The third-order valence-corrected chi connectivity index (χ3v) is 4.54. The van der Waals surface area contributed by atoms with Crippen molar-refractivity contribution in [2.45, 2.75) is 38.8 Å². The summed E-state index contributed by atoms with van der Waals surface area (Å²) in [6.45, 7) is -2.84. The molecular formula is C17H21F2NO5. The van der Waals surface area contributed by atoms with Crippen LogP contribution >= 0.6 is 0 Å². The van der Waals surface area contributed by atoms with Crippen molar-refractivity contribution in [3.05, 3.63) is 23.8 Å². The maximum absolute atomic E-state index is 12.5. The second-order valence-electron chi connectivity index (χ2n) is 6.23. The molecule has 0 aromatic heterocycles. The first kappa shape index (κ1) is 19.0. The van der Waals surface area contributed by atoms with Gasteiger partial charge in [-0.1, -0.05) is 12.5 Å². The molecule has 138 valence electrons. The van der Waals surface area contributed by atoms with Gasteiger partial charge in [0.15, 0.2) is 11.5 Å². The van der Waals surface area contributed by atoms with Gasteiger partial charge < -0.3 is 19.5 Å². The number of carbonyl (C=O) groups is 2. The molecule has 0 radical (unpaired) electrons. The highest BCUT2D eigenvalue weighted by Gasteiger charge is 2.46. The molecular weight excluding hydrogens is 336 g/mol. The highest BCUT2D eigenvalue weighted by atomic mass is 19.3. The number of carboxylic acid groups (broad SMARTS) is 1. The summed E-state index contributed by atoms with van der Waals surface area (Å²) >= 11 is 0. The number of benzene rings is 1. The Labute approximate surface area is 144 Å². The minimum absolute atomic E-state index is 0.0601. The number of rotatable bonds is 8. The van der Waals surface area contributed by atoms with Crippen LogP contribution in [0.1, 0.15) is 31.2 Å². The van der Waals surface area contributed by atoms with Crippen LogP contribution in [0.2, 0.25) is 0 Å². The molecule has 1 saturated carbocycles. The van der Waals surface area contributed by atoms with Crippen LogP contribution in [0.5, 0.6) is 11.5 Å². The van der Waals surface area contributed by atoms with E-state index in [1.807, 2.05) is 0 Å². The van der Waals surface area contributed by atoms with Gasteiger partial charge in [0.1, 0.15) is 0 Å². The van der Waals surface area contributed by atoms with Gasteiger partial charge in [-0.05, 0) is 30.5 Å². The van der Waals surface area contributed by atoms with Crippen molar-refractivity contribution >= 4 is 11.9 Å². The standard InChI is InChI=1S/C17H21F2NO5/c1-20(14(21)9-17(15(22)23)6-3-7-17)10-11-4-5-12(24-2)13(8-11)25-16(18)19/h4-5,8,16H,3,6-7,9-10H2,1-2H3,(H,22,23). The van der Waals surface area contributed by atoms with Gasteiger partial charge in [-0.25, -0.2) is 0 Å². The van der Waals surface area contributed by atoms with Crippen LogP contribution in [-0.4, -0.2) is 42.7 Å². The third kappa shape index (κ3) is 4.37. The molecule has 1 fully saturated rings. The number of halogens is 2. The zero-order valence-electron chi connectivity index (χ0n) is 14.1. The lowest BCUT2D eigenvalue weighted by atomic mass is 9.66. The van der Waals surface area contributed by atoms with E-state index < -0.39 is 18.0 Å². The third-order valence-electron chi connectivity index (χ3n) is 4.54. The Kier molecular flexibility index (Phi) is 5.81. The van der Waals surface area contributed by atoms with Crippen LogP contribution in [-0.2, 0) is 16.1 Å². The van der Waals surface area contributed by atoms with Crippen LogP contribution in [0.15, 0.2) is 18.2 Å². The lowest BCUT2D eigenvalue weighted by Gasteiger charge is -2.38. The molecule has 6 nitrogen and oxygen atoms in total. The highest BCUT2D eigenvalue weighted by Crippen LogP contribution is 2.44. The van der Waals surface area contributed by atoms with Gasteiger partial charge in [-0.3, -0.25) is 9.59 Å². The van der Waals surface area contributed by atoms with Crippen LogP contribution in [0.25, 0.3) is 0 Å². The summed E-state index contributed by atoms with van der Waals surface area (Å²) in [5, 5.41) is 9.31. The van der Waals surface area contributed by atoms with Crippen LogP contribution < -0.4 is 9.47 Å². The average molecular weight is 357 g/mol. The van der Waals surface area contributed by atoms with Gasteiger partial charge in [0.05, 0.1) is 12.5 Å². The number of ether oxygens (including phenoxy) is 2. The molecule has 1 aliphatic rings.